The summed E-state index contributed by atoms with van der Waals surface area (Å²) >= 11 is 0. The zero-order valence-corrected chi connectivity index (χ0v) is 14.1. The maximum atomic E-state index is 12.5. The van der Waals surface area contributed by atoms with Gasteiger partial charge in [-0.05, 0) is 49.6 Å². The van der Waals surface area contributed by atoms with Gasteiger partial charge in [-0.25, -0.2) is 0 Å². The Balaban J connectivity index is 2.18. The molecular formula is C19H22N2O3. The molecule has 0 aliphatic rings. The number of primary amides is 1. The Bertz CT molecular complexity index is 756. The summed E-state index contributed by atoms with van der Waals surface area (Å²) in [4.78, 5) is 24.0. The van der Waals surface area contributed by atoms with Gasteiger partial charge in [-0.15, -0.1) is 0 Å². The van der Waals surface area contributed by atoms with E-state index in [4.69, 9.17) is 10.5 Å². The normalized spacial score (nSPS) is 11.6. The number of hydrogen-bond donors (Lipinski definition) is 2. The topological polar surface area (TPSA) is 81.4 Å². The van der Waals surface area contributed by atoms with E-state index in [9.17, 15) is 9.59 Å². The third-order valence-electron chi connectivity index (χ3n) is 3.73. The number of ether oxygens (including phenoxy) is 1. The van der Waals surface area contributed by atoms with Crippen molar-refractivity contribution in [3.8, 4) is 5.75 Å². The lowest BCUT2D eigenvalue weighted by molar-refractivity contribution is -0.122. The van der Waals surface area contributed by atoms with Crippen molar-refractivity contribution in [2.45, 2.75) is 33.3 Å². The number of aryl methyl sites for hydroxylation is 2. The van der Waals surface area contributed by atoms with Crippen LogP contribution in [0.5, 0.6) is 5.75 Å². The van der Waals surface area contributed by atoms with Gasteiger partial charge in [0.15, 0.2) is 6.10 Å². The molecule has 0 bridgehead atoms. The lowest BCUT2D eigenvalue weighted by Crippen LogP contribution is -2.33. The minimum atomic E-state index is -0.661. The molecule has 0 aliphatic heterocycles. The van der Waals surface area contributed by atoms with Crippen LogP contribution in [0.2, 0.25) is 0 Å². The van der Waals surface area contributed by atoms with Gasteiger partial charge in [0.1, 0.15) is 5.75 Å². The Morgan fingerprint density at radius 3 is 2.54 bits per heavy atom. The number of carbonyl (C=O) groups is 2. The van der Waals surface area contributed by atoms with Gasteiger partial charge < -0.3 is 15.8 Å². The molecule has 0 aliphatic carbocycles. The lowest BCUT2D eigenvalue weighted by Gasteiger charge is -2.19. The van der Waals surface area contributed by atoms with Crippen molar-refractivity contribution in [2.24, 2.45) is 5.73 Å². The number of hydrogen-bond acceptors (Lipinski definition) is 3. The summed E-state index contributed by atoms with van der Waals surface area (Å²) in [7, 11) is 0. The van der Waals surface area contributed by atoms with Gasteiger partial charge in [-0.3, -0.25) is 9.59 Å². The molecule has 2 rings (SSSR count). The van der Waals surface area contributed by atoms with Crippen LogP contribution in [-0.2, 0) is 4.79 Å². The molecule has 5 heteroatoms. The van der Waals surface area contributed by atoms with Gasteiger partial charge in [0.25, 0.3) is 11.8 Å². The van der Waals surface area contributed by atoms with E-state index in [0.717, 1.165) is 11.1 Å². The summed E-state index contributed by atoms with van der Waals surface area (Å²) in [6.07, 6.45) is -0.163. The predicted molar refractivity (Wildman–Crippen MR) is 94.2 cm³/mol. The Hall–Kier alpha value is -2.82. The second-order valence-electron chi connectivity index (χ2n) is 5.68. The van der Waals surface area contributed by atoms with Crippen molar-refractivity contribution in [3.63, 3.8) is 0 Å². The van der Waals surface area contributed by atoms with Crippen molar-refractivity contribution in [3.05, 3.63) is 59.2 Å². The summed E-state index contributed by atoms with van der Waals surface area (Å²) in [5, 5.41) is 2.73. The number of nitrogens with two attached hydrogens (primary N) is 1. The molecule has 2 aromatic carbocycles. The van der Waals surface area contributed by atoms with Gasteiger partial charge >= 0.3 is 0 Å². The molecule has 126 valence electrons. The van der Waals surface area contributed by atoms with Gasteiger partial charge in [0, 0.05) is 0 Å². The predicted octanol–water partition coefficient (Wildman–Crippen LogP) is 3.20. The van der Waals surface area contributed by atoms with Crippen molar-refractivity contribution >= 4 is 17.5 Å². The van der Waals surface area contributed by atoms with E-state index in [2.05, 4.69) is 5.32 Å². The molecule has 5 nitrogen and oxygen atoms in total. The number of nitrogens with one attached hydrogen (secondary N) is 1. The van der Waals surface area contributed by atoms with Crippen LogP contribution in [0.25, 0.3) is 0 Å². The molecule has 2 aromatic rings. The number of amides is 2. The van der Waals surface area contributed by atoms with E-state index < -0.39 is 12.0 Å². The lowest BCUT2D eigenvalue weighted by atomic mass is 10.1. The molecule has 2 amide bonds. The van der Waals surface area contributed by atoms with E-state index in [0.29, 0.717) is 17.9 Å². The maximum Gasteiger partial charge on any atom is 0.265 e. The molecule has 0 heterocycles. The second kappa shape index (κ2) is 7.64. The van der Waals surface area contributed by atoms with Crippen molar-refractivity contribution < 1.29 is 14.3 Å². The average Bonchev–Trinajstić information content (AvgIpc) is 2.55. The SMILES string of the molecule is CC[C@@H](Oc1cc(C)ccc1C)C(=O)Nc1ccccc1C(N)=O. The summed E-state index contributed by atoms with van der Waals surface area (Å²) in [5.41, 5.74) is 8.02. The zero-order valence-electron chi connectivity index (χ0n) is 14.1. The second-order valence-corrected chi connectivity index (χ2v) is 5.68. The fourth-order valence-corrected chi connectivity index (χ4v) is 2.33. The third kappa shape index (κ3) is 4.13. The van der Waals surface area contributed by atoms with E-state index >= 15 is 0 Å². The van der Waals surface area contributed by atoms with Crippen molar-refractivity contribution in [1.82, 2.24) is 0 Å². The minimum absolute atomic E-state index is 0.271. The highest BCUT2D eigenvalue weighted by molar-refractivity contribution is 6.04. The third-order valence-corrected chi connectivity index (χ3v) is 3.73. The fraction of sp³-hybridized carbons (Fsp3) is 0.263. The summed E-state index contributed by atoms with van der Waals surface area (Å²) in [5.74, 6) is -0.221. The highest BCUT2D eigenvalue weighted by atomic mass is 16.5. The molecule has 0 unspecified atom stereocenters. The quantitative estimate of drug-likeness (QED) is 0.855. The molecular weight excluding hydrogens is 304 g/mol. The largest absolute Gasteiger partial charge is 0.480 e. The van der Waals surface area contributed by atoms with Crippen LogP contribution in [0.15, 0.2) is 42.5 Å². The van der Waals surface area contributed by atoms with Gasteiger partial charge in [-0.1, -0.05) is 31.2 Å². The van der Waals surface area contributed by atoms with Crippen LogP contribution in [0.3, 0.4) is 0 Å². The van der Waals surface area contributed by atoms with Gasteiger partial charge in [0.05, 0.1) is 11.3 Å². The van der Waals surface area contributed by atoms with Crippen LogP contribution >= 0.6 is 0 Å². The van der Waals surface area contributed by atoms with Crippen LogP contribution in [0.1, 0.15) is 34.8 Å². The first kappa shape index (κ1) is 17.5. The molecule has 1 atom stereocenters. The number of anilines is 1. The monoisotopic (exact) mass is 326 g/mol. The van der Waals surface area contributed by atoms with Crippen LogP contribution in [-0.4, -0.2) is 17.9 Å². The van der Waals surface area contributed by atoms with Gasteiger partial charge in [-0.2, -0.15) is 0 Å². The zero-order chi connectivity index (χ0) is 17.7. The molecule has 0 saturated carbocycles. The Labute approximate surface area is 141 Å². The summed E-state index contributed by atoms with van der Waals surface area (Å²) < 4.78 is 5.88. The minimum Gasteiger partial charge on any atom is -0.480 e. The van der Waals surface area contributed by atoms with Crippen molar-refractivity contribution in [2.75, 3.05) is 5.32 Å². The van der Waals surface area contributed by atoms with Crippen molar-refractivity contribution in [1.29, 1.82) is 0 Å². The Morgan fingerprint density at radius 2 is 1.88 bits per heavy atom. The van der Waals surface area contributed by atoms with Crippen LogP contribution in [0, 0.1) is 13.8 Å². The molecule has 3 N–H and O–H groups in total. The average molecular weight is 326 g/mol. The number of benzene rings is 2. The number of rotatable bonds is 6. The van der Waals surface area contributed by atoms with E-state index in [1.54, 1.807) is 24.3 Å². The van der Waals surface area contributed by atoms with Crippen LogP contribution < -0.4 is 15.8 Å². The Morgan fingerprint density at radius 1 is 1.17 bits per heavy atom. The summed E-state index contributed by atoms with van der Waals surface area (Å²) in [6.45, 7) is 5.77. The molecule has 0 radical (unpaired) electrons. The molecule has 0 aromatic heterocycles. The number of carbonyl (C=O) groups excluding carboxylic acids is 2. The van der Waals surface area contributed by atoms with Gasteiger partial charge in [0.2, 0.25) is 0 Å². The first-order valence-corrected chi connectivity index (χ1v) is 7.86. The van der Waals surface area contributed by atoms with Crippen LogP contribution in [0.4, 0.5) is 5.69 Å². The highest BCUT2D eigenvalue weighted by Crippen LogP contribution is 2.22. The summed E-state index contributed by atoms with van der Waals surface area (Å²) in [6, 6.07) is 12.5. The van der Waals surface area contributed by atoms with E-state index in [-0.39, 0.29) is 11.5 Å². The maximum absolute atomic E-state index is 12.5. The molecule has 0 fully saturated rings. The molecule has 0 spiro atoms. The first-order chi connectivity index (χ1) is 11.4. The highest BCUT2D eigenvalue weighted by Gasteiger charge is 2.21. The molecule has 24 heavy (non-hydrogen) atoms. The smallest absolute Gasteiger partial charge is 0.265 e. The molecule has 0 saturated heterocycles. The van der Waals surface area contributed by atoms with E-state index in [1.165, 1.54) is 0 Å². The fourth-order valence-electron chi connectivity index (χ4n) is 2.33. The Kier molecular flexibility index (Phi) is 5.58. The van der Waals surface area contributed by atoms with E-state index in [1.807, 2.05) is 39.0 Å². The number of para-hydroxylation sites is 1. The first-order valence-electron chi connectivity index (χ1n) is 7.86. The standard InChI is InChI=1S/C19H22N2O3/c1-4-16(24-17-11-12(2)9-10-13(17)3)19(23)21-15-8-6-5-7-14(15)18(20)22/h5-11,16H,4H2,1-3H3,(H2,20,22)(H,21,23)/t16-/m1/s1.